The summed E-state index contributed by atoms with van der Waals surface area (Å²) >= 11 is 5.87. The van der Waals surface area contributed by atoms with Gasteiger partial charge in [0.1, 0.15) is 5.75 Å². The van der Waals surface area contributed by atoms with Crippen LogP contribution in [-0.2, 0) is 6.42 Å². The van der Waals surface area contributed by atoms with Crippen LogP contribution in [0.25, 0.3) is 0 Å². The van der Waals surface area contributed by atoms with Gasteiger partial charge in [0, 0.05) is 5.02 Å². The molecule has 0 saturated heterocycles. The first-order valence-corrected chi connectivity index (χ1v) is 6.15. The van der Waals surface area contributed by atoms with Crippen molar-refractivity contribution in [3.05, 3.63) is 65.2 Å². The molecule has 0 atom stereocenters. The van der Waals surface area contributed by atoms with E-state index in [9.17, 15) is 0 Å². The number of halogens is 1. The Morgan fingerprint density at radius 1 is 0.941 bits per heavy atom. The summed E-state index contributed by atoms with van der Waals surface area (Å²) in [7, 11) is 0. The molecule has 0 aromatic heterocycles. The van der Waals surface area contributed by atoms with Crippen LogP contribution in [0.5, 0.6) is 5.75 Å². The summed E-state index contributed by atoms with van der Waals surface area (Å²) in [4.78, 5) is 0. The highest BCUT2D eigenvalue weighted by Gasteiger charge is 1.96. The van der Waals surface area contributed by atoms with Gasteiger partial charge in [-0.1, -0.05) is 48.0 Å². The van der Waals surface area contributed by atoms with E-state index >= 15 is 0 Å². The molecule has 0 aliphatic carbocycles. The van der Waals surface area contributed by atoms with Crippen molar-refractivity contribution >= 4 is 11.6 Å². The molecule has 0 radical (unpaired) electrons. The molecule has 0 fully saturated rings. The number of aryl methyl sites for hydroxylation is 1. The van der Waals surface area contributed by atoms with Crippen molar-refractivity contribution in [2.75, 3.05) is 6.61 Å². The smallest absolute Gasteiger partial charge is 0.120 e. The van der Waals surface area contributed by atoms with Gasteiger partial charge in [0.15, 0.2) is 0 Å². The van der Waals surface area contributed by atoms with Gasteiger partial charge in [-0.05, 0) is 36.6 Å². The second-order valence-corrected chi connectivity index (χ2v) is 4.33. The van der Waals surface area contributed by atoms with E-state index in [2.05, 4.69) is 24.3 Å². The average Bonchev–Trinajstić information content (AvgIpc) is 2.36. The molecule has 0 aliphatic heterocycles. The minimum absolute atomic E-state index is 0.713. The summed E-state index contributed by atoms with van der Waals surface area (Å²) in [6, 6.07) is 17.9. The SMILES string of the molecule is Clc1cccc(OCCCc2ccccc2)c1. The van der Waals surface area contributed by atoms with E-state index in [0.717, 1.165) is 25.2 Å². The maximum absolute atomic E-state index is 5.87. The van der Waals surface area contributed by atoms with Crippen molar-refractivity contribution in [2.45, 2.75) is 12.8 Å². The average molecular weight is 247 g/mol. The summed E-state index contributed by atoms with van der Waals surface area (Å²) in [6.07, 6.45) is 2.05. The molecule has 0 heterocycles. The van der Waals surface area contributed by atoms with Gasteiger partial charge in [-0.15, -0.1) is 0 Å². The topological polar surface area (TPSA) is 9.23 Å². The van der Waals surface area contributed by atoms with Gasteiger partial charge in [0.25, 0.3) is 0 Å². The van der Waals surface area contributed by atoms with Crippen LogP contribution >= 0.6 is 11.6 Å². The zero-order chi connectivity index (χ0) is 11.9. The number of benzene rings is 2. The van der Waals surface area contributed by atoms with Crippen LogP contribution in [0.3, 0.4) is 0 Å². The highest BCUT2D eigenvalue weighted by atomic mass is 35.5. The fraction of sp³-hybridized carbons (Fsp3) is 0.200. The quantitative estimate of drug-likeness (QED) is 0.713. The van der Waals surface area contributed by atoms with E-state index in [0.29, 0.717) is 5.02 Å². The zero-order valence-electron chi connectivity index (χ0n) is 9.60. The molecular formula is C15H15ClO. The van der Waals surface area contributed by atoms with Gasteiger partial charge in [0.05, 0.1) is 6.61 Å². The minimum atomic E-state index is 0.713. The maximum atomic E-state index is 5.87. The van der Waals surface area contributed by atoms with Gasteiger partial charge in [0.2, 0.25) is 0 Å². The highest BCUT2D eigenvalue weighted by molar-refractivity contribution is 6.30. The first kappa shape index (κ1) is 12.0. The van der Waals surface area contributed by atoms with Crippen LogP contribution in [0.2, 0.25) is 5.02 Å². The third-order valence-corrected chi connectivity index (χ3v) is 2.75. The van der Waals surface area contributed by atoms with E-state index in [1.54, 1.807) is 0 Å². The lowest BCUT2D eigenvalue weighted by Gasteiger charge is -2.06. The number of hydrogen-bond acceptors (Lipinski definition) is 1. The molecule has 2 rings (SSSR count). The molecule has 0 aliphatic rings. The molecule has 0 N–H and O–H groups in total. The van der Waals surface area contributed by atoms with Crippen molar-refractivity contribution in [1.82, 2.24) is 0 Å². The normalized spacial score (nSPS) is 10.2. The fourth-order valence-corrected chi connectivity index (χ4v) is 1.85. The van der Waals surface area contributed by atoms with Crippen LogP contribution in [0.4, 0.5) is 0 Å². The summed E-state index contributed by atoms with van der Waals surface area (Å²) in [5.74, 6) is 0.838. The van der Waals surface area contributed by atoms with Gasteiger partial charge in [-0.25, -0.2) is 0 Å². The largest absolute Gasteiger partial charge is 0.494 e. The second-order valence-electron chi connectivity index (χ2n) is 3.89. The Balaban J connectivity index is 1.73. The summed E-state index contributed by atoms with van der Waals surface area (Å²) in [5, 5.41) is 0.713. The molecule has 88 valence electrons. The number of hydrogen-bond donors (Lipinski definition) is 0. The standard InChI is InChI=1S/C15H15ClO/c16-14-9-4-10-15(12-14)17-11-5-8-13-6-2-1-3-7-13/h1-4,6-7,9-10,12H,5,8,11H2. The monoisotopic (exact) mass is 246 g/mol. The van der Waals surface area contributed by atoms with Gasteiger partial charge in [-0.3, -0.25) is 0 Å². The van der Waals surface area contributed by atoms with Crippen molar-refractivity contribution in [3.8, 4) is 5.75 Å². The van der Waals surface area contributed by atoms with Gasteiger partial charge >= 0.3 is 0 Å². The lowest BCUT2D eigenvalue weighted by molar-refractivity contribution is 0.311. The number of ether oxygens (including phenoxy) is 1. The predicted molar refractivity (Wildman–Crippen MR) is 71.7 cm³/mol. The van der Waals surface area contributed by atoms with E-state index < -0.39 is 0 Å². The molecule has 2 heteroatoms. The Morgan fingerprint density at radius 2 is 1.76 bits per heavy atom. The predicted octanol–water partition coefficient (Wildman–Crippen LogP) is 4.35. The lowest BCUT2D eigenvalue weighted by atomic mass is 10.1. The minimum Gasteiger partial charge on any atom is -0.494 e. The molecule has 0 bridgehead atoms. The van der Waals surface area contributed by atoms with E-state index in [1.807, 2.05) is 30.3 Å². The van der Waals surface area contributed by atoms with Crippen LogP contribution in [0.15, 0.2) is 54.6 Å². The van der Waals surface area contributed by atoms with Crippen LogP contribution in [0, 0.1) is 0 Å². The van der Waals surface area contributed by atoms with Crippen LogP contribution < -0.4 is 4.74 Å². The summed E-state index contributed by atoms with van der Waals surface area (Å²) < 4.78 is 5.62. The Kier molecular flexibility index (Phi) is 4.45. The molecule has 17 heavy (non-hydrogen) atoms. The lowest BCUT2D eigenvalue weighted by Crippen LogP contribution is -1.99. The number of rotatable bonds is 5. The van der Waals surface area contributed by atoms with Crippen molar-refractivity contribution in [1.29, 1.82) is 0 Å². The van der Waals surface area contributed by atoms with Crippen LogP contribution in [0.1, 0.15) is 12.0 Å². The summed E-state index contributed by atoms with van der Waals surface area (Å²) in [5.41, 5.74) is 1.35. The Morgan fingerprint density at radius 3 is 2.53 bits per heavy atom. The third kappa shape index (κ3) is 4.12. The van der Waals surface area contributed by atoms with E-state index in [-0.39, 0.29) is 0 Å². The Bertz CT molecular complexity index is 453. The van der Waals surface area contributed by atoms with E-state index in [1.165, 1.54) is 5.56 Å². The highest BCUT2D eigenvalue weighted by Crippen LogP contribution is 2.17. The Hall–Kier alpha value is -1.47. The Labute approximate surface area is 107 Å². The first-order valence-electron chi connectivity index (χ1n) is 5.77. The molecule has 0 saturated carbocycles. The molecule has 0 spiro atoms. The van der Waals surface area contributed by atoms with Gasteiger partial charge < -0.3 is 4.74 Å². The molecular weight excluding hydrogens is 232 g/mol. The molecule has 2 aromatic carbocycles. The molecule has 0 amide bonds. The maximum Gasteiger partial charge on any atom is 0.120 e. The first-order chi connectivity index (χ1) is 8.34. The third-order valence-electron chi connectivity index (χ3n) is 2.52. The molecule has 0 unspecified atom stereocenters. The van der Waals surface area contributed by atoms with Crippen molar-refractivity contribution in [3.63, 3.8) is 0 Å². The van der Waals surface area contributed by atoms with Gasteiger partial charge in [-0.2, -0.15) is 0 Å². The summed E-state index contributed by atoms with van der Waals surface area (Å²) in [6.45, 7) is 0.717. The van der Waals surface area contributed by atoms with Crippen molar-refractivity contribution in [2.24, 2.45) is 0 Å². The van der Waals surface area contributed by atoms with Crippen LogP contribution in [-0.4, -0.2) is 6.61 Å². The van der Waals surface area contributed by atoms with E-state index in [4.69, 9.17) is 16.3 Å². The second kappa shape index (κ2) is 6.31. The van der Waals surface area contributed by atoms with Crippen molar-refractivity contribution < 1.29 is 4.74 Å². The fourth-order valence-electron chi connectivity index (χ4n) is 1.67. The molecule has 2 aromatic rings. The molecule has 1 nitrogen and oxygen atoms in total. The zero-order valence-corrected chi connectivity index (χ0v) is 10.4.